The molecule has 1 aromatic carbocycles. The fourth-order valence-corrected chi connectivity index (χ4v) is 3.51. The van der Waals surface area contributed by atoms with Crippen molar-refractivity contribution in [1.29, 1.82) is 0 Å². The van der Waals surface area contributed by atoms with Crippen molar-refractivity contribution in [1.82, 2.24) is 9.97 Å². The summed E-state index contributed by atoms with van der Waals surface area (Å²) in [5.41, 5.74) is 1.55. The minimum Gasteiger partial charge on any atom is -0.226 e. The second kappa shape index (κ2) is 5.73. The Balaban J connectivity index is 1.80. The molecule has 110 valence electrons. The third-order valence-electron chi connectivity index (χ3n) is 3.57. The minimum absolute atomic E-state index is 0.195. The summed E-state index contributed by atoms with van der Waals surface area (Å²) >= 11 is 5.20. The Labute approximate surface area is 138 Å². The van der Waals surface area contributed by atoms with Crippen LogP contribution in [0.5, 0.6) is 0 Å². The first kappa shape index (κ1) is 15.0. The molecule has 1 aromatic heterocycles. The van der Waals surface area contributed by atoms with E-state index in [9.17, 15) is 0 Å². The van der Waals surface area contributed by atoms with E-state index in [1.165, 1.54) is 23.3 Å². The van der Waals surface area contributed by atoms with Crippen LogP contribution in [-0.4, -0.2) is 9.97 Å². The van der Waals surface area contributed by atoms with Crippen molar-refractivity contribution in [2.45, 2.75) is 54.9 Å². The van der Waals surface area contributed by atoms with Crippen LogP contribution in [0.15, 0.2) is 44.9 Å². The molecule has 0 N–H and O–H groups in total. The Hall–Kier alpha value is -0.870. The van der Waals surface area contributed by atoms with Crippen LogP contribution in [0, 0.1) is 0 Å². The van der Waals surface area contributed by atoms with Gasteiger partial charge in [0.25, 0.3) is 0 Å². The van der Waals surface area contributed by atoms with Gasteiger partial charge in [-0.15, -0.1) is 0 Å². The van der Waals surface area contributed by atoms with Crippen molar-refractivity contribution in [2.24, 2.45) is 0 Å². The van der Waals surface area contributed by atoms with Gasteiger partial charge in [-0.3, -0.25) is 0 Å². The summed E-state index contributed by atoms with van der Waals surface area (Å²) < 4.78 is 0.883. The highest BCUT2D eigenvalue weighted by atomic mass is 79.9. The lowest BCUT2D eigenvalue weighted by Gasteiger charge is -2.19. The molecule has 0 spiro atoms. The standard InChI is InChI=1S/C17H19BrN2S/c1-17(2,3)12-6-8-13(9-7-12)21-15-10-14(18)19-16(20-15)11-4-5-11/h6-11H,4-5H2,1-3H3. The molecule has 1 fully saturated rings. The number of hydrogen-bond donors (Lipinski definition) is 0. The summed E-state index contributed by atoms with van der Waals surface area (Å²) in [5.74, 6) is 1.56. The van der Waals surface area contributed by atoms with E-state index in [-0.39, 0.29) is 5.41 Å². The maximum absolute atomic E-state index is 4.68. The van der Waals surface area contributed by atoms with Gasteiger partial charge in [-0.25, -0.2) is 9.97 Å². The Morgan fingerprint density at radius 3 is 2.33 bits per heavy atom. The third-order valence-corrected chi connectivity index (χ3v) is 4.91. The van der Waals surface area contributed by atoms with Gasteiger partial charge in [-0.2, -0.15) is 0 Å². The average molecular weight is 363 g/mol. The molecule has 0 saturated heterocycles. The van der Waals surface area contributed by atoms with Gasteiger partial charge >= 0.3 is 0 Å². The van der Waals surface area contributed by atoms with E-state index in [2.05, 4.69) is 70.9 Å². The maximum Gasteiger partial charge on any atom is 0.134 e. The molecule has 0 atom stereocenters. The quantitative estimate of drug-likeness (QED) is 0.667. The van der Waals surface area contributed by atoms with Crippen LogP contribution in [0.25, 0.3) is 0 Å². The topological polar surface area (TPSA) is 25.8 Å². The van der Waals surface area contributed by atoms with Crippen LogP contribution in [-0.2, 0) is 5.41 Å². The highest BCUT2D eigenvalue weighted by molar-refractivity contribution is 9.10. The summed E-state index contributed by atoms with van der Waals surface area (Å²) in [6, 6.07) is 10.8. The first-order chi connectivity index (χ1) is 9.91. The molecule has 4 heteroatoms. The van der Waals surface area contributed by atoms with Crippen LogP contribution in [0.1, 0.15) is 50.9 Å². The molecule has 2 nitrogen and oxygen atoms in total. The average Bonchev–Trinajstić information content (AvgIpc) is 3.21. The molecule has 3 rings (SSSR count). The molecule has 0 unspecified atom stereocenters. The van der Waals surface area contributed by atoms with Crippen molar-refractivity contribution >= 4 is 27.7 Å². The van der Waals surface area contributed by atoms with Gasteiger partial charge in [0, 0.05) is 16.9 Å². The highest BCUT2D eigenvalue weighted by Gasteiger charge is 2.27. The second-order valence-corrected chi connectivity index (χ2v) is 8.44. The van der Waals surface area contributed by atoms with E-state index >= 15 is 0 Å². The van der Waals surface area contributed by atoms with E-state index in [4.69, 9.17) is 0 Å². The zero-order valence-corrected chi connectivity index (χ0v) is 15.0. The molecule has 1 heterocycles. The molecule has 1 aliphatic carbocycles. The van der Waals surface area contributed by atoms with Crippen molar-refractivity contribution in [2.75, 3.05) is 0 Å². The number of nitrogens with zero attached hydrogens (tertiary/aromatic N) is 2. The Morgan fingerprint density at radius 2 is 1.76 bits per heavy atom. The summed E-state index contributed by atoms with van der Waals surface area (Å²) in [7, 11) is 0. The fourth-order valence-electron chi connectivity index (χ4n) is 2.13. The number of hydrogen-bond acceptors (Lipinski definition) is 3. The number of aromatic nitrogens is 2. The molecule has 0 radical (unpaired) electrons. The number of halogens is 1. The van der Waals surface area contributed by atoms with Crippen LogP contribution in [0.4, 0.5) is 0 Å². The molecule has 0 aliphatic heterocycles. The zero-order valence-electron chi connectivity index (χ0n) is 12.6. The highest BCUT2D eigenvalue weighted by Crippen LogP contribution is 2.39. The summed E-state index contributed by atoms with van der Waals surface area (Å²) in [5, 5.41) is 1.02. The minimum atomic E-state index is 0.195. The Kier molecular flexibility index (Phi) is 4.10. The predicted molar refractivity (Wildman–Crippen MR) is 91.0 cm³/mol. The lowest BCUT2D eigenvalue weighted by Crippen LogP contribution is -2.10. The molecule has 1 saturated carbocycles. The van der Waals surface area contributed by atoms with E-state index in [1.54, 1.807) is 11.8 Å². The van der Waals surface area contributed by atoms with Crippen molar-refractivity contribution in [3.8, 4) is 0 Å². The largest absolute Gasteiger partial charge is 0.226 e. The van der Waals surface area contributed by atoms with Crippen LogP contribution >= 0.6 is 27.7 Å². The first-order valence-electron chi connectivity index (χ1n) is 7.25. The fraction of sp³-hybridized carbons (Fsp3) is 0.412. The van der Waals surface area contributed by atoms with E-state index in [0.29, 0.717) is 5.92 Å². The number of rotatable bonds is 3. The van der Waals surface area contributed by atoms with Gasteiger partial charge in [0.1, 0.15) is 15.5 Å². The lowest BCUT2D eigenvalue weighted by molar-refractivity contribution is 0.590. The predicted octanol–water partition coefficient (Wildman–Crippen LogP) is 5.57. The lowest BCUT2D eigenvalue weighted by atomic mass is 9.87. The van der Waals surface area contributed by atoms with E-state index in [0.717, 1.165) is 15.5 Å². The normalized spacial score (nSPS) is 15.2. The zero-order chi connectivity index (χ0) is 15.0. The number of benzene rings is 1. The molecule has 2 aromatic rings. The summed E-state index contributed by atoms with van der Waals surface area (Å²) in [6.45, 7) is 6.70. The van der Waals surface area contributed by atoms with Crippen molar-refractivity contribution in [3.63, 3.8) is 0 Å². The van der Waals surface area contributed by atoms with Crippen LogP contribution in [0.3, 0.4) is 0 Å². The van der Waals surface area contributed by atoms with Gasteiger partial charge < -0.3 is 0 Å². The molecule has 1 aliphatic rings. The van der Waals surface area contributed by atoms with Crippen molar-refractivity contribution in [3.05, 3.63) is 46.3 Å². The van der Waals surface area contributed by atoms with Crippen LogP contribution < -0.4 is 0 Å². The first-order valence-corrected chi connectivity index (χ1v) is 8.86. The van der Waals surface area contributed by atoms with Crippen LogP contribution in [0.2, 0.25) is 0 Å². The second-order valence-electron chi connectivity index (χ2n) is 6.54. The Morgan fingerprint density at radius 1 is 1.10 bits per heavy atom. The molecule has 0 bridgehead atoms. The van der Waals surface area contributed by atoms with E-state index in [1.807, 2.05) is 6.07 Å². The maximum atomic E-state index is 4.68. The molecular formula is C17H19BrN2S. The summed E-state index contributed by atoms with van der Waals surface area (Å²) in [4.78, 5) is 10.4. The summed E-state index contributed by atoms with van der Waals surface area (Å²) in [6.07, 6.45) is 2.45. The SMILES string of the molecule is CC(C)(C)c1ccc(Sc2cc(Br)nc(C3CC3)n2)cc1. The monoisotopic (exact) mass is 362 g/mol. The molecule has 0 amide bonds. The van der Waals surface area contributed by atoms with E-state index < -0.39 is 0 Å². The van der Waals surface area contributed by atoms with Gasteiger partial charge in [0.15, 0.2) is 0 Å². The van der Waals surface area contributed by atoms with Gasteiger partial charge in [-0.1, -0.05) is 44.7 Å². The van der Waals surface area contributed by atoms with Gasteiger partial charge in [0.2, 0.25) is 0 Å². The van der Waals surface area contributed by atoms with Gasteiger partial charge in [0.05, 0.1) is 0 Å². The van der Waals surface area contributed by atoms with Crippen molar-refractivity contribution < 1.29 is 0 Å². The molecule has 21 heavy (non-hydrogen) atoms. The Bertz CT molecular complexity index is 643. The molecular weight excluding hydrogens is 344 g/mol. The van der Waals surface area contributed by atoms with Gasteiger partial charge in [-0.05, 0) is 51.9 Å². The smallest absolute Gasteiger partial charge is 0.134 e. The third kappa shape index (κ3) is 3.86.